The average molecular weight is 330 g/mol. The lowest BCUT2D eigenvalue weighted by Crippen LogP contribution is -2.44. The molecule has 8 heteroatoms. The molecule has 1 saturated heterocycles. The van der Waals surface area contributed by atoms with Crippen molar-refractivity contribution in [3.8, 4) is 10.8 Å². The van der Waals surface area contributed by atoms with Gasteiger partial charge in [0.05, 0.1) is 16.7 Å². The largest absolute Gasteiger partial charge is 0.333 e. The van der Waals surface area contributed by atoms with Gasteiger partial charge in [-0.05, 0) is 20.4 Å². The number of hydrogen-bond acceptors (Lipinski definition) is 7. The lowest BCUT2D eigenvalue weighted by atomic mass is 10.2. The van der Waals surface area contributed by atoms with Crippen molar-refractivity contribution in [3.63, 3.8) is 0 Å². The molecule has 0 spiro atoms. The fraction of sp³-hybridized carbons (Fsp3) is 0.615. The van der Waals surface area contributed by atoms with E-state index in [9.17, 15) is 0 Å². The highest BCUT2D eigenvalue weighted by Crippen LogP contribution is 2.30. The van der Waals surface area contributed by atoms with Crippen LogP contribution >= 0.6 is 23.7 Å². The molecular formula is C13H20ClN5OS. The summed E-state index contributed by atoms with van der Waals surface area (Å²) in [7, 11) is 2.09. The molecule has 1 unspecified atom stereocenters. The van der Waals surface area contributed by atoms with Crippen LogP contribution in [0, 0.1) is 6.92 Å². The van der Waals surface area contributed by atoms with Crippen molar-refractivity contribution in [1.29, 1.82) is 0 Å². The molecule has 21 heavy (non-hydrogen) atoms. The van der Waals surface area contributed by atoms with Gasteiger partial charge in [-0.1, -0.05) is 12.1 Å². The highest BCUT2D eigenvalue weighted by atomic mass is 35.5. The third-order valence-corrected chi connectivity index (χ3v) is 4.88. The zero-order valence-electron chi connectivity index (χ0n) is 12.4. The number of aromatic nitrogens is 3. The molecule has 1 aliphatic rings. The molecule has 0 radical (unpaired) electrons. The van der Waals surface area contributed by atoms with Gasteiger partial charge in [-0.25, -0.2) is 4.98 Å². The van der Waals surface area contributed by atoms with Gasteiger partial charge < -0.3 is 9.84 Å². The molecule has 3 heterocycles. The van der Waals surface area contributed by atoms with Crippen molar-refractivity contribution in [2.24, 2.45) is 0 Å². The van der Waals surface area contributed by atoms with Crippen LogP contribution in [-0.4, -0.2) is 46.7 Å². The van der Waals surface area contributed by atoms with E-state index in [1.807, 2.05) is 6.92 Å². The molecule has 1 fully saturated rings. The molecular weight excluding hydrogens is 310 g/mol. The molecule has 0 bridgehead atoms. The fourth-order valence-electron chi connectivity index (χ4n) is 2.36. The monoisotopic (exact) mass is 329 g/mol. The fourth-order valence-corrected chi connectivity index (χ4v) is 3.28. The highest BCUT2D eigenvalue weighted by molar-refractivity contribution is 7.15. The molecule has 116 valence electrons. The molecule has 0 amide bonds. The van der Waals surface area contributed by atoms with Gasteiger partial charge >= 0.3 is 0 Å². The first-order valence-electron chi connectivity index (χ1n) is 6.90. The van der Waals surface area contributed by atoms with Gasteiger partial charge in [0.2, 0.25) is 0 Å². The summed E-state index contributed by atoms with van der Waals surface area (Å²) in [6, 6.07) is 0.181. The maximum Gasteiger partial charge on any atom is 0.269 e. The summed E-state index contributed by atoms with van der Waals surface area (Å²) in [5.74, 6) is 1.34. The van der Waals surface area contributed by atoms with E-state index in [-0.39, 0.29) is 18.4 Å². The van der Waals surface area contributed by atoms with E-state index in [2.05, 4.69) is 39.3 Å². The number of hydrogen-bond donors (Lipinski definition) is 1. The zero-order chi connectivity index (χ0) is 14.1. The van der Waals surface area contributed by atoms with Crippen LogP contribution in [0.2, 0.25) is 0 Å². The minimum Gasteiger partial charge on any atom is -0.333 e. The van der Waals surface area contributed by atoms with Crippen molar-refractivity contribution < 1.29 is 4.52 Å². The molecule has 6 nitrogen and oxygen atoms in total. The maximum atomic E-state index is 5.45. The van der Waals surface area contributed by atoms with Gasteiger partial charge in [-0.15, -0.1) is 23.7 Å². The molecule has 2 aromatic rings. The van der Waals surface area contributed by atoms with Crippen LogP contribution in [-0.2, 0) is 6.42 Å². The molecule has 2 aromatic heterocycles. The number of piperazine rings is 1. The summed E-state index contributed by atoms with van der Waals surface area (Å²) in [6.45, 7) is 6.95. The Kier molecular flexibility index (Phi) is 5.32. The number of aryl methyl sites for hydroxylation is 2. The molecule has 1 atom stereocenters. The van der Waals surface area contributed by atoms with Crippen LogP contribution in [0.4, 0.5) is 0 Å². The van der Waals surface area contributed by atoms with E-state index in [0.29, 0.717) is 5.89 Å². The minimum atomic E-state index is 0. The first kappa shape index (κ1) is 16.4. The van der Waals surface area contributed by atoms with E-state index in [1.165, 1.54) is 0 Å². The summed E-state index contributed by atoms with van der Waals surface area (Å²) in [4.78, 5) is 12.3. The molecule has 3 rings (SSSR count). The molecule has 1 aliphatic heterocycles. The number of rotatable bonds is 3. The highest BCUT2D eigenvalue weighted by Gasteiger charge is 2.26. The second-order valence-corrected chi connectivity index (χ2v) is 6.12. The van der Waals surface area contributed by atoms with Crippen molar-refractivity contribution >= 4 is 23.7 Å². The Morgan fingerprint density at radius 2 is 2.24 bits per heavy atom. The topological polar surface area (TPSA) is 67.1 Å². The lowest BCUT2D eigenvalue weighted by molar-refractivity contribution is 0.190. The second kappa shape index (κ2) is 6.83. The van der Waals surface area contributed by atoms with Crippen LogP contribution in [0.5, 0.6) is 0 Å². The molecule has 1 N–H and O–H groups in total. The van der Waals surface area contributed by atoms with Crippen molar-refractivity contribution in [3.05, 3.63) is 16.5 Å². The normalized spacial score (nSPS) is 19.5. The van der Waals surface area contributed by atoms with Crippen molar-refractivity contribution in [2.45, 2.75) is 26.3 Å². The van der Waals surface area contributed by atoms with Gasteiger partial charge in [-0.2, -0.15) is 4.98 Å². The van der Waals surface area contributed by atoms with Crippen molar-refractivity contribution in [1.82, 2.24) is 25.3 Å². The smallest absolute Gasteiger partial charge is 0.269 e. The zero-order valence-corrected chi connectivity index (χ0v) is 14.1. The molecule has 0 aromatic carbocycles. The van der Waals surface area contributed by atoms with Crippen LogP contribution in [0.1, 0.15) is 29.5 Å². The number of nitrogens with one attached hydrogen (secondary N) is 1. The van der Waals surface area contributed by atoms with E-state index in [4.69, 9.17) is 4.52 Å². The number of thiazole rings is 1. The predicted molar refractivity (Wildman–Crippen MR) is 85.0 cm³/mol. The van der Waals surface area contributed by atoms with E-state index in [0.717, 1.165) is 47.5 Å². The van der Waals surface area contributed by atoms with Gasteiger partial charge in [-0.3, -0.25) is 4.90 Å². The predicted octanol–water partition coefficient (Wildman–Crippen LogP) is 2.06. The Bertz CT molecular complexity index is 599. The Balaban J connectivity index is 0.00000161. The SMILES string of the molecule is CCc1nc(C)c(-c2nc(C3CNCCN3C)no2)s1.Cl. The average Bonchev–Trinajstić information content (AvgIpc) is 3.05. The van der Waals surface area contributed by atoms with E-state index in [1.54, 1.807) is 11.3 Å². The summed E-state index contributed by atoms with van der Waals surface area (Å²) >= 11 is 1.64. The second-order valence-electron chi connectivity index (χ2n) is 5.03. The van der Waals surface area contributed by atoms with E-state index >= 15 is 0 Å². The standard InChI is InChI=1S/C13H19N5OS.ClH/c1-4-10-15-8(2)11(20-10)13-16-12(17-19-13)9-7-14-5-6-18(9)3;/h9,14H,4-7H2,1-3H3;1H. The Morgan fingerprint density at radius 3 is 2.90 bits per heavy atom. The van der Waals surface area contributed by atoms with Gasteiger partial charge in [0, 0.05) is 19.6 Å². The van der Waals surface area contributed by atoms with E-state index < -0.39 is 0 Å². The number of likely N-dealkylation sites (N-methyl/N-ethyl adjacent to an activating group) is 1. The summed E-state index contributed by atoms with van der Waals surface area (Å²) in [5, 5.41) is 8.62. The minimum absolute atomic E-state index is 0. The summed E-state index contributed by atoms with van der Waals surface area (Å²) in [6.07, 6.45) is 0.932. The van der Waals surface area contributed by atoms with Crippen LogP contribution < -0.4 is 5.32 Å². The first-order valence-corrected chi connectivity index (χ1v) is 7.72. The van der Waals surface area contributed by atoms with Gasteiger partial charge in [0.25, 0.3) is 5.89 Å². The Hall–Kier alpha value is -1.02. The van der Waals surface area contributed by atoms with Gasteiger partial charge in [0.15, 0.2) is 5.82 Å². The Morgan fingerprint density at radius 1 is 1.43 bits per heavy atom. The third kappa shape index (κ3) is 3.26. The third-order valence-electron chi connectivity index (χ3n) is 3.59. The maximum absolute atomic E-state index is 5.45. The van der Waals surface area contributed by atoms with Crippen LogP contribution in [0.15, 0.2) is 4.52 Å². The first-order chi connectivity index (χ1) is 9.69. The van der Waals surface area contributed by atoms with Crippen LogP contribution in [0.3, 0.4) is 0 Å². The Labute approximate surface area is 134 Å². The number of nitrogens with zero attached hydrogens (tertiary/aromatic N) is 4. The van der Waals surface area contributed by atoms with Crippen LogP contribution in [0.25, 0.3) is 10.8 Å². The molecule has 0 saturated carbocycles. The van der Waals surface area contributed by atoms with Gasteiger partial charge in [0.1, 0.15) is 4.88 Å². The summed E-state index contributed by atoms with van der Waals surface area (Å²) < 4.78 is 5.45. The number of halogens is 1. The quantitative estimate of drug-likeness (QED) is 0.929. The molecule has 0 aliphatic carbocycles. The lowest BCUT2D eigenvalue weighted by Gasteiger charge is -2.30. The van der Waals surface area contributed by atoms with Crippen molar-refractivity contribution in [2.75, 3.05) is 26.7 Å². The summed E-state index contributed by atoms with van der Waals surface area (Å²) in [5.41, 5.74) is 0.970.